The van der Waals surface area contributed by atoms with E-state index < -0.39 is 0 Å². The summed E-state index contributed by atoms with van der Waals surface area (Å²) < 4.78 is 10.9. The molecule has 1 heterocycles. The van der Waals surface area contributed by atoms with E-state index in [1.54, 1.807) is 4.90 Å². The Balaban J connectivity index is 1.54. The van der Waals surface area contributed by atoms with Crippen LogP contribution < -0.4 is 9.64 Å². The van der Waals surface area contributed by atoms with Crippen LogP contribution in [-0.4, -0.2) is 38.8 Å². The van der Waals surface area contributed by atoms with E-state index in [4.69, 9.17) is 9.47 Å². The predicted octanol–water partition coefficient (Wildman–Crippen LogP) is 2.27. The van der Waals surface area contributed by atoms with Crippen LogP contribution in [0.15, 0.2) is 24.3 Å². The lowest BCUT2D eigenvalue weighted by Crippen LogP contribution is -3.13. The Hall–Kier alpha value is -1.55. The highest BCUT2D eigenvalue weighted by Crippen LogP contribution is 2.13. The average Bonchev–Trinajstić information content (AvgIpc) is 2.62. The van der Waals surface area contributed by atoms with E-state index in [1.165, 1.54) is 18.5 Å². The Morgan fingerprint density at radius 3 is 2.46 bits per heavy atom. The molecular weight excluding hydrogens is 302 g/mol. The largest absolute Gasteiger partial charge is 0.494 e. The van der Waals surface area contributed by atoms with Crippen molar-refractivity contribution in [2.45, 2.75) is 46.0 Å². The first kappa shape index (κ1) is 18.8. The highest BCUT2D eigenvalue weighted by molar-refractivity contribution is 5.72. The molecule has 1 saturated heterocycles. The summed E-state index contributed by atoms with van der Waals surface area (Å²) >= 11 is 0. The topological polar surface area (TPSA) is 40.0 Å². The molecule has 0 aliphatic carbocycles. The van der Waals surface area contributed by atoms with Gasteiger partial charge in [-0.3, -0.25) is 4.79 Å². The van der Waals surface area contributed by atoms with E-state index in [0.717, 1.165) is 51.1 Å². The van der Waals surface area contributed by atoms with Crippen molar-refractivity contribution >= 4 is 5.97 Å². The molecule has 1 aliphatic rings. The number of quaternary nitrogens is 1. The fourth-order valence-electron chi connectivity index (χ4n) is 3.26. The summed E-state index contributed by atoms with van der Waals surface area (Å²) in [6.45, 7) is 8.66. The second-order valence-electron chi connectivity index (χ2n) is 6.58. The third kappa shape index (κ3) is 6.16. The molecule has 1 aromatic rings. The molecule has 0 spiro atoms. The Kier molecular flexibility index (Phi) is 8.10. The molecule has 1 fully saturated rings. The van der Waals surface area contributed by atoms with Crippen molar-refractivity contribution in [1.82, 2.24) is 0 Å². The highest BCUT2D eigenvalue weighted by Gasteiger charge is 2.27. The van der Waals surface area contributed by atoms with Gasteiger partial charge < -0.3 is 14.4 Å². The summed E-state index contributed by atoms with van der Waals surface area (Å²) in [5.41, 5.74) is 1.34. The first-order valence-corrected chi connectivity index (χ1v) is 9.44. The van der Waals surface area contributed by atoms with Gasteiger partial charge in [-0.25, -0.2) is 0 Å². The van der Waals surface area contributed by atoms with Crippen LogP contribution in [0.4, 0.5) is 0 Å². The van der Waals surface area contributed by atoms with Gasteiger partial charge in [-0.1, -0.05) is 19.1 Å². The van der Waals surface area contributed by atoms with Gasteiger partial charge in [0.25, 0.3) is 0 Å². The van der Waals surface area contributed by atoms with Crippen LogP contribution in [0.3, 0.4) is 0 Å². The van der Waals surface area contributed by atoms with E-state index in [9.17, 15) is 4.79 Å². The molecule has 2 rings (SSSR count). The molecule has 1 aromatic carbocycles. The first-order valence-electron chi connectivity index (χ1n) is 9.44. The molecule has 134 valence electrons. The smallest absolute Gasteiger partial charge is 0.309 e. The maximum atomic E-state index is 11.7. The van der Waals surface area contributed by atoms with E-state index in [1.807, 2.05) is 6.92 Å². The molecule has 0 amide bonds. The minimum Gasteiger partial charge on any atom is -0.494 e. The number of benzene rings is 1. The van der Waals surface area contributed by atoms with Crippen molar-refractivity contribution < 1.29 is 19.2 Å². The Morgan fingerprint density at radius 2 is 1.83 bits per heavy atom. The van der Waals surface area contributed by atoms with Crippen molar-refractivity contribution in [3.05, 3.63) is 29.8 Å². The van der Waals surface area contributed by atoms with Crippen LogP contribution in [0, 0.1) is 5.92 Å². The van der Waals surface area contributed by atoms with Gasteiger partial charge in [0.05, 0.1) is 38.8 Å². The Morgan fingerprint density at radius 1 is 1.12 bits per heavy atom. The number of hydrogen-bond acceptors (Lipinski definition) is 3. The van der Waals surface area contributed by atoms with Gasteiger partial charge in [0.15, 0.2) is 0 Å². The number of ether oxygens (including phenoxy) is 2. The predicted molar refractivity (Wildman–Crippen MR) is 95.5 cm³/mol. The van der Waals surface area contributed by atoms with E-state index >= 15 is 0 Å². The summed E-state index contributed by atoms with van der Waals surface area (Å²) in [4.78, 5) is 13.3. The Labute approximate surface area is 146 Å². The van der Waals surface area contributed by atoms with Gasteiger partial charge in [0, 0.05) is 12.8 Å². The molecule has 24 heavy (non-hydrogen) atoms. The minimum absolute atomic E-state index is 0.000887. The standard InChI is InChI=1S/C20H31NO3/c1-3-17-7-9-19(10-8-17)24-16-6-5-13-21-14-11-18(12-15-21)20(22)23-4-2/h7-10,18H,3-6,11-16H2,1-2H3/p+1. The number of carbonyl (C=O) groups excluding carboxylic acids is 1. The summed E-state index contributed by atoms with van der Waals surface area (Å²) in [6, 6.07) is 8.38. The lowest BCUT2D eigenvalue weighted by molar-refractivity contribution is -0.906. The van der Waals surface area contributed by atoms with Crippen LogP contribution in [0.2, 0.25) is 0 Å². The molecule has 1 aliphatic heterocycles. The van der Waals surface area contributed by atoms with Gasteiger partial charge in [0.2, 0.25) is 0 Å². The second kappa shape index (κ2) is 10.3. The number of unbranched alkanes of at least 4 members (excludes halogenated alkanes) is 1. The average molecular weight is 334 g/mol. The number of hydrogen-bond donors (Lipinski definition) is 1. The van der Waals surface area contributed by atoms with Crippen molar-refractivity contribution in [3.8, 4) is 5.75 Å². The fraction of sp³-hybridized carbons (Fsp3) is 0.650. The molecule has 0 radical (unpaired) electrons. The number of esters is 1. The molecular formula is C20H32NO3+. The summed E-state index contributed by atoms with van der Waals surface area (Å²) in [6.07, 6.45) is 5.26. The van der Waals surface area contributed by atoms with E-state index in [0.29, 0.717) is 6.61 Å². The van der Waals surface area contributed by atoms with Gasteiger partial charge in [-0.15, -0.1) is 0 Å². The zero-order chi connectivity index (χ0) is 17.2. The second-order valence-corrected chi connectivity index (χ2v) is 6.58. The van der Waals surface area contributed by atoms with E-state index in [2.05, 4.69) is 31.2 Å². The quantitative estimate of drug-likeness (QED) is 0.556. The third-order valence-electron chi connectivity index (χ3n) is 4.84. The number of piperidine rings is 1. The third-order valence-corrected chi connectivity index (χ3v) is 4.84. The Bertz CT molecular complexity index is 478. The number of rotatable bonds is 9. The van der Waals surface area contributed by atoms with Gasteiger partial charge in [-0.2, -0.15) is 0 Å². The van der Waals surface area contributed by atoms with Crippen molar-refractivity contribution in [3.63, 3.8) is 0 Å². The van der Waals surface area contributed by atoms with Gasteiger partial charge in [0.1, 0.15) is 5.75 Å². The highest BCUT2D eigenvalue weighted by atomic mass is 16.5. The lowest BCUT2D eigenvalue weighted by Gasteiger charge is -2.28. The summed E-state index contributed by atoms with van der Waals surface area (Å²) in [7, 11) is 0. The summed E-state index contributed by atoms with van der Waals surface area (Å²) in [5, 5.41) is 0. The lowest BCUT2D eigenvalue weighted by atomic mass is 9.97. The van der Waals surface area contributed by atoms with E-state index in [-0.39, 0.29) is 11.9 Å². The maximum Gasteiger partial charge on any atom is 0.309 e. The van der Waals surface area contributed by atoms with Crippen molar-refractivity contribution in [2.24, 2.45) is 5.92 Å². The molecule has 0 atom stereocenters. The SMILES string of the molecule is CCOC(=O)C1CC[NH+](CCCCOc2ccc(CC)cc2)CC1. The maximum absolute atomic E-state index is 11.7. The molecule has 0 saturated carbocycles. The molecule has 0 aromatic heterocycles. The molecule has 0 unspecified atom stereocenters. The van der Waals surface area contributed by atoms with Crippen molar-refractivity contribution in [1.29, 1.82) is 0 Å². The monoisotopic (exact) mass is 334 g/mol. The molecule has 0 bridgehead atoms. The zero-order valence-corrected chi connectivity index (χ0v) is 15.2. The number of likely N-dealkylation sites (tertiary alicyclic amines) is 1. The summed E-state index contributed by atoms with van der Waals surface area (Å²) in [5.74, 6) is 1.09. The molecule has 4 nitrogen and oxygen atoms in total. The number of carbonyl (C=O) groups is 1. The first-order chi connectivity index (χ1) is 11.7. The fourth-order valence-corrected chi connectivity index (χ4v) is 3.26. The van der Waals surface area contributed by atoms with Gasteiger partial charge >= 0.3 is 5.97 Å². The number of aryl methyl sites for hydroxylation is 1. The van der Waals surface area contributed by atoms with Crippen LogP contribution in [0.1, 0.15) is 45.1 Å². The van der Waals surface area contributed by atoms with Gasteiger partial charge in [-0.05, 0) is 43.9 Å². The van der Waals surface area contributed by atoms with Crippen LogP contribution in [-0.2, 0) is 16.0 Å². The zero-order valence-electron chi connectivity index (χ0n) is 15.2. The minimum atomic E-state index is -0.000887. The number of nitrogens with one attached hydrogen (secondary N) is 1. The molecule has 4 heteroatoms. The van der Waals surface area contributed by atoms with Crippen LogP contribution >= 0.6 is 0 Å². The van der Waals surface area contributed by atoms with Crippen LogP contribution in [0.25, 0.3) is 0 Å². The normalized spacial score (nSPS) is 20.6. The van der Waals surface area contributed by atoms with Crippen molar-refractivity contribution in [2.75, 3.05) is 32.8 Å². The van der Waals surface area contributed by atoms with Crippen LogP contribution in [0.5, 0.6) is 5.75 Å². The molecule has 1 N–H and O–H groups in total.